The molecule has 1 aliphatic heterocycles. The number of halogens is 4. The number of nitrogens with one attached hydrogen (secondary N) is 2. The number of ether oxygens (including phenoxy) is 2. The number of carbonyl (C=O) groups is 3. The fourth-order valence-corrected chi connectivity index (χ4v) is 4.10. The predicted molar refractivity (Wildman–Crippen MR) is 110 cm³/mol. The summed E-state index contributed by atoms with van der Waals surface area (Å²) >= 11 is 6.89. The van der Waals surface area contributed by atoms with Crippen molar-refractivity contribution in [3.8, 4) is 0 Å². The second-order valence-electron chi connectivity index (χ2n) is 7.02. The normalized spacial score (nSPS) is 18.7. The number of carbonyl (C=O) groups excluding carboxylic acids is 3. The fraction of sp³-hybridized carbons (Fsp3) is 0.421. The van der Waals surface area contributed by atoms with Gasteiger partial charge in [0, 0.05) is 11.8 Å². The first-order valence-electron chi connectivity index (χ1n) is 9.61. The van der Waals surface area contributed by atoms with E-state index < -0.39 is 43.4 Å². The Labute approximate surface area is 194 Å². The molecule has 1 saturated heterocycles. The summed E-state index contributed by atoms with van der Waals surface area (Å²) < 4.78 is 48.7. The van der Waals surface area contributed by atoms with Crippen molar-refractivity contribution in [3.05, 3.63) is 44.6 Å². The molecule has 3 amide bonds. The van der Waals surface area contributed by atoms with Gasteiger partial charge in [-0.3, -0.25) is 14.5 Å². The molecular weight excluding hydrogens is 491 g/mol. The SMILES string of the molecule is O=C(CO)NC1=CC(OCC(F)(F)F)=C(N2CC(CNC(=O)c3ccc(Cl)s3)OC2=O)CC1. The van der Waals surface area contributed by atoms with Gasteiger partial charge in [-0.2, -0.15) is 13.2 Å². The van der Waals surface area contributed by atoms with Crippen LogP contribution in [0.4, 0.5) is 18.0 Å². The Morgan fingerprint density at radius 2 is 2.09 bits per heavy atom. The van der Waals surface area contributed by atoms with E-state index in [1.165, 1.54) is 6.08 Å². The largest absolute Gasteiger partial charge is 0.482 e. The number of aliphatic hydroxyl groups excluding tert-OH is 1. The third-order valence-corrected chi connectivity index (χ3v) is 5.77. The van der Waals surface area contributed by atoms with Crippen molar-refractivity contribution in [1.82, 2.24) is 15.5 Å². The van der Waals surface area contributed by atoms with Gasteiger partial charge >= 0.3 is 12.3 Å². The van der Waals surface area contributed by atoms with E-state index in [4.69, 9.17) is 26.2 Å². The third kappa shape index (κ3) is 6.85. The maximum absolute atomic E-state index is 12.7. The average molecular weight is 510 g/mol. The van der Waals surface area contributed by atoms with Crippen molar-refractivity contribution in [2.45, 2.75) is 25.1 Å². The lowest BCUT2D eigenvalue weighted by molar-refractivity contribution is -0.164. The molecule has 9 nitrogen and oxygen atoms in total. The second-order valence-corrected chi connectivity index (χ2v) is 8.74. The smallest absolute Gasteiger partial charge is 0.422 e. The monoisotopic (exact) mass is 509 g/mol. The molecule has 2 aliphatic rings. The Bertz CT molecular complexity index is 994. The summed E-state index contributed by atoms with van der Waals surface area (Å²) in [6.45, 7) is -2.44. The van der Waals surface area contributed by atoms with Crippen molar-refractivity contribution < 1.29 is 42.1 Å². The van der Waals surface area contributed by atoms with Gasteiger partial charge in [0.1, 0.15) is 18.5 Å². The van der Waals surface area contributed by atoms with Crippen LogP contribution >= 0.6 is 22.9 Å². The van der Waals surface area contributed by atoms with Crippen molar-refractivity contribution in [1.29, 1.82) is 0 Å². The summed E-state index contributed by atoms with van der Waals surface area (Å²) in [5, 5.41) is 13.8. The molecular formula is C19H19ClF3N3O6S. The van der Waals surface area contributed by atoms with E-state index in [9.17, 15) is 27.6 Å². The Hall–Kier alpha value is -2.77. The molecule has 0 spiro atoms. The summed E-state index contributed by atoms with van der Waals surface area (Å²) in [6, 6.07) is 3.12. The Balaban J connectivity index is 1.71. The highest BCUT2D eigenvalue weighted by Gasteiger charge is 2.37. The van der Waals surface area contributed by atoms with Crippen LogP contribution in [0.25, 0.3) is 0 Å². The third-order valence-electron chi connectivity index (χ3n) is 4.54. The highest BCUT2D eigenvalue weighted by Crippen LogP contribution is 2.31. The molecule has 3 rings (SSSR count). The van der Waals surface area contributed by atoms with Crippen LogP contribution < -0.4 is 10.6 Å². The summed E-state index contributed by atoms with van der Waals surface area (Å²) in [4.78, 5) is 37.5. The van der Waals surface area contributed by atoms with Gasteiger partial charge in [0.2, 0.25) is 5.91 Å². The zero-order valence-corrected chi connectivity index (χ0v) is 18.5. The number of alkyl halides is 3. The standard InChI is InChI=1S/C19H19ClF3N3O6S/c20-15-4-3-14(33-15)17(29)24-6-11-7-26(18(30)32-11)12-2-1-10(25-16(28)8-27)5-13(12)31-9-19(21,22)23/h3-5,11,27H,1-2,6-9H2,(H,24,29)(H,25,28). The fourth-order valence-electron chi connectivity index (χ4n) is 3.14. The van der Waals surface area contributed by atoms with E-state index in [0.717, 1.165) is 16.2 Å². The highest BCUT2D eigenvalue weighted by molar-refractivity contribution is 7.17. The van der Waals surface area contributed by atoms with Crippen LogP contribution in [0.5, 0.6) is 0 Å². The van der Waals surface area contributed by atoms with Crippen molar-refractivity contribution >= 4 is 40.8 Å². The first kappa shape index (κ1) is 24.9. The van der Waals surface area contributed by atoms with Crippen LogP contribution in [-0.2, 0) is 14.3 Å². The van der Waals surface area contributed by atoms with E-state index in [1.807, 2.05) is 0 Å². The molecule has 14 heteroatoms. The molecule has 1 fully saturated rings. The molecule has 180 valence electrons. The molecule has 1 aliphatic carbocycles. The van der Waals surface area contributed by atoms with Gasteiger partial charge in [-0.25, -0.2) is 4.79 Å². The van der Waals surface area contributed by atoms with Crippen LogP contribution in [0.1, 0.15) is 22.5 Å². The van der Waals surface area contributed by atoms with Crippen molar-refractivity contribution in [2.24, 2.45) is 0 Å². The number of cyclic esters (lactones) is 1. The lowest BCUT2D eigenvalue weighted by atomic mass is 10.0. The second kappa shape index (κ2) is 10.4. The maximum Gasteiger partial charge on any atom is 0.422 e. The summed E-state index contributed by atoms with van der Waals surface area (Å²) in [7, 11) is 0. The molecule has 1 aromatic rings. The molecule has 0 saturated carbocycles. The van der Waals surface area contributed by atoms with Crippen LogP contribution in [0.2, 0.25) is 4.34 Å². The van der Waals surface area contributed by atoms with Gasteiger partial charge in [0.25, 0.3) is 5.91 Å². The first-order valence-corrected chi connectivity index (χ1v) is 10.8. The molecule has 1 atom stereocenters. The number of thiophene rings is 1. The molecule has 0 bridgehead atoms. The predicted octanol–water partition coefficient (Wildman–Crippen LogP) is 2.53. The number of hydrogen-bond acceptors (Lipinski definition) is 7. The number of nitrogens with zero attached hydrogens (tertiary/aromatic N) is 1. The number of hydrogen-bond donors (Lipinski definition) is 3. The van der Waals surface area contributed by atoms with E-state index >= 15 is 0 Å². The summed E-state index contributed by atoms with van der Waals surface area (Å²) in [6.07, 6.45) is -4.72. The summed E-state index contributed by atoms with van der Waals surface area (Å²) in [5.74, 6) is -1.38. The van der Waals surface area contributed by atoms with E-state index in [1.54, 1.807) is 12.1 Å². The van der Waals surface area contributed by atoms with Crippen LogP contribution in [0.3, 0.4) is 0 Å². The van der Waals surface area contributed by atoms with E-state index in [2.05, 4.69) is 10.6 Å². The topological polar surface area (TPSA) is 117 Å². The zero-order chi connectivity index (χ0) is 24.2. The van der Waals surface area contributed by atoms with Gasteiger partial charge < -0.3 is 25.2 Å². The number of rotatable bonds is 8. The molecule has 0 radical (unpaired) electrons. The lowest BCUT2D eigenvalue weighted by Gasteiger charge is -2.25. The van der Waals surface area contributed by atoms with Gasteiger partial charge in [0.15, 0.2) is 6.61 Å². The Morgan fingerprint density at radius 3 is 2.73 bits per heavy atom. The van der Waals surface area contributed by atoms with Crippen LogP contribution in [0, 0.1) is 0 Å². The van der Waals surface area contributed by atoms with Gasteiger partial charge in [-0.05, 0) is 25.0 Å². The quantitative estimate of drug-likeness (QED) is 0.496. The zero-order valence-electron chi connectivity index (χ0n) is 16.9. The Kier molecular flexibility index (Phi) is 7.87. The van der Waals surface area contributed by atoms with Gasteiger partial charge in [0.05, 0.1) is 28.0 Å². The minimum absolute atomic E-state index is 0.0176. The number of allylic oxidation sites excluding steroid dienone is 3. The molecule has 0 aromatic carbocycles. The van der Waals surface area contributed by atoms with Crippen LogP contribution in [-0.4, -0.2) is 66.5 Å². The van der Waals surface area contributed by atoms with Crippen LogP contribution in [0.15, 0.2) is 35.4 Å². The number of aliphatic hydroxyl groups is 1. The summed E-state index contributed by atoms with van der Waals surface area (Å²) in [5.41, 5.74) is 0.395. The van der Waals surface area contributed by atoms with E-state index in [0.29, 0.717) is 9.21 Å². The minimum Gasteiger partial charge on any atom is -0.482 e. The van der Waals surface area contributed by atoms with Crippen molar-refractivity contribution in [2.75, 3.05) is 26.3 Å². The van der Waals surface area contributed by atoms with Gasteiger partial charge in [-0.1, -0.05) is 11.6 Å². The number of amides is 3. The lowest BCUT2D eigenvalue weighted by Crippen LogP contribution is -2.35. The molecule has 2 heterocycles. The molecule has 3 N–H and O–H groups in total. The first-order chi connectivity index (χ1) is 15.6. The highest BCUT2D eigenvalue weighted by atomic mass is 35.5. The van der Waals surface area contributed by atoms with E-state index in [-0.39, 0.29) is 43.1 Å². The molecule has 33 heavy (non-hydrogen) atoms. The average Bonchev–Trinajstić information content (AvgIpc) is 3.35. The molecule has 1 aromatic heterocycles. The Morgan fingerprint density at radius 1 is 1.33 bits per heavy atom. The van der Waals surface area contributed by atoms with Gasteiger partial charge in [-0.15, -0.1) is 11.3 Å². The molecule has 1 unspecified atom stereocenters. The van der Waals surface area contributed by atoms with Crippen molar-refractivity contribution in [3.63, 3.8) is 0 Å². The minimum atomic E-state index is -4.62. The maximum atomic E-state index is 12.7.